The van der Waals surface area contributed by atoms with Gasteiger partial charge in [-0.2, -0.15) is 9.40 Å². The molecule has 0 aromatic carbocycles. The van der Waals surface area contributed by atoms with Crippen LogP contribution >= 0.6 is 0 Å². The van der Waals surface area contributed by atoms with Crippen LogP contribution in [0.15, 0.2) is 17.4 Å². The van der Waals surface area contributed by atoms with Gasteiger partial charge in [0.25, 0.3) is 0 Å². The van der Waals surface area contributed by atoms with Crippen molar-refractivity contribution in [2.45, 2.75) is 0 Å². The minimum atomic E-state index is -3.18. The molecule has 2 heterocycles. The average molecular weight is 300 g/mol. The molecular formula is C10H16N6O3S. The molecule has 1 aliphatic rings. The molecule has 0 bridgehead atoms. The number of hydrogen-bond donors (Lipinski definition) is 2. The summed E-state index contributed by atoms with van der Waals surface area (Å²) in [6.07, 6.45) is 2.64. The van der Waals surface area contributed by atoms with Crippen molar-refractivity contribution in [3.05, 3.63) is 17.8 Å². The highest BCUT2D eigenvalue weighted by Gasteiger charge is 2.26. The van der Waals surface area contributed by atoms with E-state index in [1.54, 1.807) is 6.07 Å². The van der Waals surface area contributed by atoms with Gasteiger partial charge in [0.2, 0.25) is 10.0 Å². The van der Waals surface area contributed by atoms with Gasteiger partial charge in [0.1, 0.15) is 0 Å². The van der Waals surface area contributed by atoms with E-state index in [2.05, 4.69) is 15.4 Å². The van der Waals surface area contributed by atoms with Crippen molar-refractivity contribution < 1.29 is 13.6 Å². The van der Waals surface area contributed by atoms with Gasteiger partial charge in [-0.3, -0.25) is 0 Å². The summed E-state index contributed by atoms with van der Waals surface area (Å²) in [6, 6.07) is 1.60. The summed E-state index contributed by atoms with van der Waals surface area (Å²) < 4.78 is 24.3. The Morgan fingerprint density at radius 2 is 2.05 bits per heavy atom. The molecule has 0 unspecified atom stereocenters. The van der Waals surface area contributed by atoms with Crippen molar-refractivity contribution in [3.8, 4) is 0 Å². The summed E-state index contributed by atoms with van der Waals surface area (Å²) in [5.74, 6) is 0.427. The second-order valence-electron chi connectivity index (χ2n) is 4.40. The SMILES string of the molecule is CS(=O)(=O)N1CCN(c2nnccc2/C(N)=N/O)CC1. The summed E-state index contributed by atoms with van der Waals surface area (Å²) in [5, 5.41) is 19.5. The maximum atomic E-state index is 11.5. The van der Waals surface area contributed by atoms with E-state index in [0.717, 1.165) is 0 Å². The van der Waals surface area contributed by atoms with Crippen molar-refractivity contribution in [2.75, 3.05) is 37.3 Å². The number of nitrogens with two attached hydrogens (primary N) is 1. The molecule has 1 aliphatic heterocycles. The monoisotopic (exact) mass is 300 g/mol. The van der Waals surface area contributed by atoms with Crippen LogP contribution < -0.4 is 10.6 Å². The smallest absolute Gasteiger partial charge is 0.211 e. The summed E-state index contributed by atoms with van der Waals surface area (Å²) in [4.78, 5) is 1.86. The van der Waals surface area contributed by atoms with Crippen LogP contribution in [0.1, 0.15) is 5.56 Å². The Bertz CT molecular complexity index is 609. The van der Waals surface area contributed by atoms with E-state index >= 15 is 0 Å². The van der Waals surface area contributed by atoms with Gasteiger partial charge in [-0.1, -0.05) is 5.16 Å². The van der Waals surface area contributed by atoms with Gasteiger partial charge in [-0.25, -0.2) is 8.42 Å². The molecule has 2 rings (SSSR count). The number of aromatic nitrogens is 2. The van der Waals surface area contributed by atoms with Crippen LogP contribution in [0, 0.1) is 0 Å². The Kier molecular flexibility index (Phi) is 4.04. The zero-order valence-electron chi connectivity index (χ0n) is 11.0. The standard InChI is InChI=1S/C10H16N6O3S/c1-20(18,19)16-6-4-15(5-7-16)10-8(9(11)14-17)2-3-12-13-10/h2-3,17H,4-7H2,1H3,(H2,11,14). The van der Waals surface area contributed by atoms with E-state index in [-0.39, 0.29) is 5.84 Å². The Hall–Kier alpha value is -1.94. The summed E-state index contributed by atoms with van der Waals surface area (Å²) in [6.45, 7) is 1.67. The van der Waals surface area contributed by atoms with Crippen LogP contribution in [0.4, 0.5) is 5.82 Å². The molecule has 0 amide bonds. The number of anilines is 1. The topological polar surface area (TPSA) is 125 Å². The Morgan fingerprint density at radius 3 is 2.60 bits per heavy atom. The van der Waals surface area contributed by atoms with E-state index < -0.39 is 10.0 Å². The van der Waals surface area contributed by atoms with Crippen molar-refractivity contribution in [3.63, 3.8) is 0 Å². The fourth-order valence-corrected chi connectivity index (χ4v) is 2.87. The quantitative estimate of drug-likeness (QED) is 0.306. The van der Waals surface area contributed by atoms with Crippen LogP contribution in [-0.4, -0.2) is 66.4 Å². The molecule has 0 atom stereocenters. The highest BCUT2D eigenvalue weighted by Crippen LogP contribution is 2.18. The number of piperazine rings is 1. The second-order valence-corrected chi connectivity index (χ2v) is 6.39. The molecule has 0 radical (unpaired) electrons. The Morgan fingerprint density at radius 1 is 1.40 bits per heavy atom. The minimum absolute atomic E-state index is 0.0551. The average Bonchev–Trinajstić information content (AvgIpc) is 2.45. The van der Waals surface area contributed by atoms with Gasteiger partial charge in [-0.15, -0.1) is 5.10 Å². The molecule has 0 saturated carbocycles. The molecule has 110 valence electrons. The molecule has 9 nitrogen and oxygen atoms in total. The third kappa shape index (κ3) is 2.96. The number of oxime groups is 1. The second kappa shape index (κ2) is 5.59. The molecule has 1 aromatic rings. The van der Waals surface area contributed by atoms with Crippen LogP contribution in [0.5, 0.6) is 0 Å². The third-order valence-electron chi connectivity index (χ3n) is 3.09. The lowest BCUT2D eigenvalue weighted by molar-refractivity contribution is 0.318. The summed E-state index contributed by atoms with van der Waals surface area (Å²) in [7, 11) is -3.18. The van der Waals surface area contributed by atoms with Crippen molar-refractivity contribution in [1.82, 2.24) is 14.5 Å². The Balaban J connectivity index is 2.20. The predicted molar refractivity (Wildman–Crippen MR) is 73.2 cm³/mol. The predicted octanol–water partition coefficient (Wildman–Crippen LogP) is -1.35. The Labute approximate surface area is 116 Å². The number of hydrogen-bond acceptors (Lipinski definition) is 7. The summed E-state index contributed by atoms with van der Waals surface area (Å²) >= 11 is 0. The first-order valence-electron chi connectivity index (χ1n) is 5.93. The van der Waals surface area contributed by atoms with E-state index in [9.17, 15) is 8.42 Å². The first-order chi connectivity index (χ1) is 9.43. The molecule has 20 heavy (non-hydrogen) atoms. The van der Waals surface area contributed by atoms with Crippen LogP contribution in [-0.2, 0) is 10.0 Å². The fourth-order valence-electron chi connectivity index (χ4n) is 2.04. The summed E-state index contributed by atoms with van der Waals surface area (Å²) in [5.41, 5.74) is 6.07. The molecule has 10 heteroatoms. The molecule has 1 aromatic heterocycles. The van der Waals surface area contributed by atoms with Crippen LogP contribution in [0.3, 0.4) is 0 Å². The lowest BCUT2D eigenvalue weighted by Crippen LogP contribution is -2.49. The lowest BCUT2D eigenvalue weighted by atomic mass is 10.2. The maximum absolute atomic E-state index is 11.5. The molecule has 1 saturated heterocycles. The first kappa shape index (κ1) is 14.5. The van der Waals surface area contributed by atoms with Gasteiger partial charge in [0.05, 0.1) is 18.0 Å². The van der Waals surface area contributed by atoms with Gasteiger partial charge < -0.3 is 15.8 Å². The molecule has 1 fully saturated rings. The van der Waals surface area contributed by atoms with E-state index in [1.165, 1.54) is 16.8 Å². The lowest BCUT2D eigenvalue weighted by Gasteiger charge is -2.34. The van der Waals surface area contributed by atoms with E-state index in [4.69, 9.17) is 10.9 Å². The van der Waals surface area contributed by atoms with E-state index in [1.807, 2.05) is 4.90 Å². The minimum Gasteiger partial charge on any atom is -0.409 e. The number of rotatable bonds is 3. The zero-order valence-corrected chi connectivity index (χ0v) is 11.8. The highest BCUT2D eigenvalue weighted by atomic mass is 32.2. The van der Waals surface area contributed by atoms with Gasteiger partial charge in [0, 0.05) is 26.2 Å². The zero-order chi connectivity index (χ0) is 14.8. The molecule has 0 aliphatic carbocycles. The highest BCUT2D eigenvalue weighted by molar-refractivity contribution is 7.88. The number of sulfonamides is 1. The number of nitrogens with zero attached hydrogens (tertiary/aromatic N) is 5. The first-order valence-corrected chi connectivity index (χ1v) is 7.78. The molecule has 0 spiro atoms. The van der Waals surface area contributed by atoms with Crippen LogP contribution in [0.25, 0.3) is 0 Å². The molecule has 3 N–H and O–H groups in total. The molecular weight excluding hydrogens is 284 g/mol. The normalized spacial score (nSPS) is 18.2. The van der Waals surface area contributed by atoms with Gasteiger partial charge in [0.15, 0.2) is 11.7 Å². The van der Waals surface area contributed by atoms with Crippen molar-refractivity contribution in [1.29, 1.82) is 0 Å². The number of amidine groups is 1. The van der Waals surface area contributed by atoms with E-state index in [0.29, 0.717) is 37.6 Å². The van der Waals surface area contributed by atoms with Gasteiger partial charge in [-0.05, 0) is 6.07 Å². The van der Waals surface area contributed by atoms with Crippen molar-refractivity contribution >= 4 is 21.7 Å². The fraction of sp³-hybridized carbons (Fsp3) is 0.500. The third-order valence-corrected chi connectivity index (χ3v) is 4.40. The largest absolute Gasteiger partial charge is 0.409 e. The van der Waals surface area contributed by atoms with Gasteiger partial charge >= 0.3 is 0 Å². The van der Waals surface area contributed by atoms with Crippen LogP contribution in [0.2, 0.25) is 0 Å². The maximum Gasteiger partial charge on any atom is 0.211 e. The van der Waals surface area contributed by atoms with Crippen molar-refractivity contribution in [2.24, 2.45) is 10.9 Å².